The van der Waals surface area contributed by atoms with E-state index < -0.39 is 0 Å². The van der Waals surface area contributed by atoms with Crippen LogP contribution in [0.15, 0.2) is 0 Å². The molecule has 1 N–H and O–H groups in total. The van der Waals surface area contributed by atoms with E-state index in [9.17, 15) is 0 Å². The molecule has 1 fully saturated rings. The SMILES string of the molecule is CCCNC(C)CCCCN1CCCC(C)C1C. The first-order valence-electron chi connectivity index (χ1n) is 8.12. The number of piperidine rings is 1. The maximum absolute atomic E-state index is 3.57. The molecule has 2 heteroatoms. The molecular formula is C16H34N2. The zero-order chi connectivity index (χ0) is 13.4. The lowest BCUT2D eigenvalue weighted by Crippen LogP contribution is -2.42. The van der Waals surface area contributed by atoms with Crippen molar-refractivity contribution in [1.29, 1.82) is 0 Å². The lowest BCUT2D eigenvalue weighted by molar-refractivity contribution is 0.111. The molecule has 0 aromatic rings. The first kappa shape index (κ1) is 16.0. The summed E-state index contributed by atoms with van der Waals surface area (Å²) >= 11 is 0. The Morgan fingerprint density at radius 3 is 2.78 bits per heavy atom. The van der Waals surface area contributed by atoms with E-state index in [4.69, 9.17) is 0 Å². The zero-order valence-corrected chi connectivity index (χ0v) is 13.0. The Hall–Kier alpha value is -0.0800. The highest BCUT2D eigenvalue weighted by Gasteiger charge is 2.23. The van der Waals surface area contributed by atoms with Crippen LogP contribution in [0.3, 0.4) is 0 Å². The fraction of sp³-hybridized carbons (Fsp3) is 1.00. The van der Waals surface area contributed by atoms with Crippen molar-refractivity contribution in [3.63, 3.8) is 0 Å². The fourth-order valence-electron chi connectivity index (χ4n) is 2.99. The minimum Gasteiger partial charge on any atom is -0.314 e. The van der Waals surface area contributed by atoms with E-state index >= 15 is 0 Å². The van der Waals surface area contributed by atoms with E-state index in [0.717, 1.165) is 12.0 Å². The summed E-state index contributed by atoms with van der Waals surface area (Å²) in [5.74, 6) is 0.892. The number of unbranched alkanes of at least 4 members (excludes halogenated alkanes) is 1. The minimum absolute atomic E-state index is 0.697. The molecule has 3 unspecified atom stereocenters. The minimum atomic E-state index is 0.697. The second kappa shape index (κ2) is 8.92. The van der Waals surface area contributed by atoms with Crippen molar-refractivity contribution < 1.29 is 0 Å². The van der Waals surface area contributed by atoms with Crippen molar-refractivity contribution >= 4 is 0 Å². The van der Waals surface area contributed by atoms with E-state index in [1.165, 1.54) is 58.2 Å². The van der Waals surface area contributed by atoms with Gasteiger partial charge in [-0.2, -0.15) is 0 Å². The predicted molar refractivity (Wildman–Crippen MR) is 81.0 cm³/mol. The van der Waals surface area contributed by atoms with Crippen LogP contribution in [0.4, 0.5) is 0 Å². The third kappa shape index (κ3) is 5.71. The van der Waals surface area contributed by atoms with Gasteiger partial charge in [0, 0.05) is 12.1 Å². The monoisotopic (exact) mass is 254 g/mol. The van der Waals surface area contributed by atoms with Gasteiger partial charge in [0.25, 0.3) is 0 Å². The first-order chi connectivity index (χ1) is 8.65. The highest BCUT2D eigenvalue weighted by molar-refractivity contribution is 4.78. The fourth-order valence-corrected chi connectivity index (χ4v) is 2.99. The van der Waals surface area contributed by atoms with Gasteiger partial charge in [-0.1, -0.05) is 20.3 Å². The van der Waals surface area contributed by atoms with Gasteiger partial charge >= 0.3 is 0 Å². The predicted octanol–water partition coefficient (Wildman–Crippen LogP) is 3.67. The molecular weight excluding hydrogens is 220 g/mol. The molecule has 0 aromatic carbocycles. The van der Waals surface area contributed by atoms with Gasteiger partial charge in [0.1, 0.15) is 0 Å². The topological polar surface area (TPSA) is 15.3 Å². The Morgan fingerprint density at radius 1 is 1.28 bits per heavy atom. The first-order valence-corrected chi connectivity index (χ1v) is 8.12. The second-order valence-corrected chi connectivity index (χ2v) is 6.25. The van der Waals surface area contributed by atoms with Crippen LogP contribution in [-0.2, 0) is 0 Å². The van der Waals surface area contributed by atoms with Crippen LogP contribution < -0.4 is 5.32 Å². The Bertz CT molecular complexity index is 205. The van der Waals surface area contributed by atoms with Crippen LogP contribution in [0.1, 0.15) is 66.2 Å². The third-order valence-electron chi connectivity index (χ3n) is 4.58. The molecule has 1 aliphatic rings. The number of hydrogen-bond donors (Lipinski definition) is 1. The Labute approximate surface area is 115 Å². The van der Waals surface area contributed by atoms with Gasteiger partial charge in [-0.25, -0.2) is 0 Å². The normalized spacial score (nSPS) is 27.3. The van der Waals surface area contributed by atoms with Crippen molar-refractivity contribution in [3.8, 4) is 0 Å². The van der Waals surface area contributed by atoms with Crippen LogP contribution in [0.25, 0.3) is 0 Å². The van der Waals surface area contributed by atoms with Gasteiger partial charge in [0.2, 0.25) is 0 Å². The molecule has 0 aromatic heterocycles. The molecule has 1 aliphatic heterocycles. The van der Waals surface area contributed by atoms with Crippen LogP contribution in [0.5, 0.6) is 0 Å². The van der Waals surface area contributed by atoms with Gasteiger partial charge in [-0.15, -0.1) is 0 Å². The Kier molecular flexibility index (Phi) is 7.92. The molecule has 18 heavy (non-hydrogen) atoms. The highest BCUT2D eigenvalue weighted by Crippen LogP contribution is 2.23. The van der Waals surface area contributed by atoms with E-state index in [-0.39, 0.29) is 0 Å². The number of likely N-dealkylation sites (tertiary alicyclic amines) is 1. The number of nitrogens with one attached hydrogen (secondary N) is 1. The van der Waals surface area contributed by atoms with Crippen molar-refractivity contribution in [2.45, 2.75) is 78.3 Å². The lowest BCUT2D eigenvalue weighted by atomic mass is 9.92. The summed E-state index contributed by atoms with van der Waals surface area (Å²) in [6.07, 6.45) is 8.14. The molecule has 0 bridgehead atoms. The maximum Gasteiger partial charge on any atom is 0.00925 e. The quantitative estimate of drug-likeness (QED) is 0.665. The number of rotatable bonds is 8. The molecule has 1 heterocycles. The summed E-state index contributed by atoms with van der Waals surface area (Å²) in [6.45, 7) is 13.2. The Balaban J connectivity index is 2.06. The second-order valence-electron chi connectivity index (χ2n) is 6.25. The molecule has 0 saturated carbocycles. The molecule has 0 spiro atoms. The van der Waals surface area contributed by atoms with Gasteiger partial charge in [-0.05, 0) is 71.5 Å². The summed E-state index contributed by atoms with van der Waals surface area (Å²) < 4.78 is 0. The van der Waals surface area contributed by atoms with Crippen molar-refractivity contribution in [3.05, 3.63) is 0 Å². The molecule has 0 aliphatic carbocycles. The maximum atomic E-state index is 3.57. The van der Waals surface area contributed by atoms with E-state index in [1.807, 2.05) is 0 Å². The molecule has 1 rings (SSSR count). The van der Waals surface area contributed by atoms with Crippen LogP contribution in [0, 0.1) is 5.92 Å². The summed E-state index contributed by atoms with van der Waals surface area (Å²) in [5.41, 5.74) is 0. The van der Waals surface area contributed by atoms with E-state index in [1.54, 1.807) is 0 Å². The summed E-state index contributed by atoms with van der Waals surface area (Å²) in [5, 5.41) is 3.57. The summed E-state index contributed by atoms with van der Waals surface area (Å²) in [7, 11) is 0. The third-order valence-corrected chi connectivity index (χ3v) is 4.58. The standard InChI is InChI=1S/C16H34N2/c1-5-11-17-15(3)10-6-7-12-18-13-8-9-14(2)16(18)4/h14-17H,5-13H2,1-4H3. The summed E-state index contributed by atoms with van der Waals surface area (Å²) in [6, 6.07) is 1.50. The van der Waals surface area contributed by atoms with Gasteiger partial charge < -0.3 is 10.2 Å². The van der Waals surface area contributed by atoms with E-state index in [0.29, 0.717) is 6.04 Å². The molecule has 0 amide bonds. The highest BCUT2D eigenvalue weighted by atomic mass is 15.2. The van der Waals surface area contributed by atoms with Crippen LogP contribution in [0.2, 0.25) is 0 Å². The van der Waals surface area contributed by atoms with Gasteiger partial charge in [0.15, 0.2) is 0 Å². The average Bonchev–Trinajstić information content (AvgIpc) is 2.37. The van der Waals surface area contributed by atoms with Crippen LogP contribution >= 0.6 is 0 Å². The van der Waals surface area contributed by atoms with Gasteiger partial charge in [-0.3, -0.25) is 0 Å². The molecule has 108 valence electrons. The average molecular weight is 254 g/mol. The molecule has 2 nitrogen and oxygen atoms in total. The summed E-state index contributed by atoms with van der Waals surface area (Å²) in [4.78, 5) is 2.71. The number of nitrogens with zero attached hydrogens (tertiary/aromatic N) is 1. The zero-order valence-electron chi connectivity index (χ0n) is 13.0. The molecule has 1 saturated heterocycles. The van der Waals surface area contributed by atoms with Crippen LogP contribution in [-0.4, -0.2) is 36.6 Å². The van der Waals surface area contributed by atoms with Crippen molar-refractivity contribution in [2.24, 2.45) is 5.92 Å². The lowest BCUT2D eigenvalue weighted by Gasteiger charge is -2.38. The van der Waals surface area contributed by atoms with E-state index in [2.05, 4.69) is 37.9 Å². The van der Waals surface area contributed by atoms with Gasteiger partial charge in [0.05, 0.1) is 0 Å². The Morgan fingerprint density at radius 2 is 2.06 bits per heavy atom. The smallest absolute Gasteiger partial charge is 0.00925 e. The van der Waals surface area contributed by atoms with Crippen molar-refractivity contribution in [2.75, 3.05) is 19.6 Å². The largest absolute Gasteiger partial charge is 0.314 e. The molecule has 3 atom stereocenters. The van der Waals surface area contributed by atoms with Crippen molar-refractivity contribution in [1.82, 2.24) is 10.2 Å². The number of hydrogen-bond acceptors (Lipinski definition) is 2. The molecule has 0 radical (unpaired) electrons.